The zero-order valence-corrected chi connectivity index (χ0v) is 13.0. The molecule has 0 atom stereocenters. The molecule has 0 heterocycles. The van der Waals surface area contributed by atoms with Crippen molar-refractivity contribution in [3.8, 4) is 0 Å². The SMILES string of the molecule is CCCCOC(=O)CC(OCCCCl)OCCCCl. The van der Waals surface area contributed by atoms with Crippen LogP contribution in [0.3, 0.4) is 0 Å². The average Bonchev–Trinajstić information content (AvgIpc) is 2.39. The summed E-state index contributed by atoms with van der Waals surface area (Å²) in [5.74, 6) is 0.750. The molecule has 0 bridgehead atoms. The van der Waals surface area contributed by atoms with Crippen molar-refractivity contribution in [2.75, 3.05) is 31.6 Å². The number of carbonyl (C=O) groups is 1. The summed E-state index contributed by atoms with van der Waals surface area (Å²) in [5.41, 5.74) is 0. The first-order chi connectivity index (χ1) is 9.24. The first-order valence-corrected chi connectivity index (χ1v) is 7.82. The van der Waals surface area contributed by atoms with Crippen molar-refractivity contribution < 1.29 is 19.0 Å². The molecule has 0 aromatic rings. The lowest BCUT2D eigenvalue weighted by molar-refractivity contribution is -0.171. The van der Waals surface area contributed by atoms with E-state index in [1.165, 1.54) is 0 Å². The van der Waals surface area contributed by atoms with Gasteiger partial charge < -0.3 is 14.2 Å². The molecule has 0 fully saturated rings. The minimum atomic E-state index is -0.569. The van der Waals surface area contributed by atoms with Crippen molar-refractivity contribution in [1.82, 2.24) is 0 Å². The summed E-state index contributed by atoms with van der Waals surface area (Å²) in [6.45, 7) is 3.43. The highest BCUT2D eigenvalue weighted by molar-refractivity contribution is 6.18. The van der Waals surface area contributed by atoms with Crippen LogP contribution in [0.4, 0.5) is 0 Å². The Labute approximate surface area is 125 Å². The van der Waals surface area contributed by atoms with E-state index in [-0.39, 0.29) is 12.4 Å². The average molecular weight is 315 g/mol. The monoisotopic (exact) mass is 314 g/mol. The second-order valence-corrected chi connectivity index (χ2v) is 4.79. The standard InChI is InChI=1S/C13H24Cl2O4/c1-2-3-8-17-12(16)11-13(18-9-4-6-14)19-10-5-7-15/h13H,2-11H2,1H3. The Morgan fingerprint density at radius 1 is 1.00 bits per heavy atom. The van der Waals surface area contributed by atoms with Crippen molar-refractivity contribution in [2.45, 2.75) is 45.3 Å². The number of hydrogen-bond donors (Lipinski definition) is 0. The summed E-state index contributed by atoms with van der Waals surface area (Å²) >= 11 is 11.1. The number of halogens is 2. The Kier molecular flexibility index (Phi) is 14.4. The van der Waals surface area contributed by atoms with Gasteiger partial charge in [-0.15, -0.1) is 23.2 Å². The molecule has 0 aliphatic heterocycles. The molecule has 0 aliphatic rings. The number of ether oxygens (including phenoxy) is 3. The largest absolute Gasteiger partial charge is 0.466 e. The van der Waals surface area contributed by atoms with Crippen LogP contribution < -0.4 is 0 Å². The maximum atomic E-state index is 11.6. The molecule has 0 aliphatic carbocycles. The number of alkyl halides is 2. The first-order valence-electron chi connectivity index (χ1n) is 6.75. The van der Waals surface area contributed by atoms with E-state index in [0.717, 1.165) is 25.7 Å². The molecule has 0 radical (unpaired) electrons. The summed E-state index contributed by atoms with van der Waals surface area (Å²) in [4.78, 5) is 11.6. The number of esters is 1. The van der Waals surface area contributed by atoms with Crippen LogP contribution in [0.2, 0.25) is 0 Å². The molecule has 0 N–H and O–H groups in total. The minimum absolute atomic E-state index is 0.105. The second kappa shape index (κ2) is 14.4. The van der Waals surface area contributed by atoms with Crippen LogP contribution in [0.5, 0.6) is 0 Å². The second-order valence-electron chi connectivity index (χ2n) is 4.03. The van der Waals surface area contributed by atoms with Gasteiger partial charge in [0.1, 0.15) is 0 Å². The molecule has 0 saturated carbocycles. The Morgan fingerprint density at radius 2 is 1.58 bits per heavy atom. The van der Waals surface area contributed by atoms with Gasteiger partial charge >= 0.3 is 5.97 Å². The lowest BCUT2D eigenvalue weighted by atomic mass is 10.3. The van der Waals surface area contributed by atoms with Gasteiger partial charge in [-0.1, -0.05) is 13.3 Å². The molecule has 0 aromatic carbocycles. The lowest BCUT2D eigenvalue weighted by Crippen LogP contribution is -2.24. The molecule has 0 spiro atoms. The van der Waals surface area contributed by atoms with Crippen LogP contribution in [0.25, 0.3) is 0 Å². The molecular weight excluding hydrogens is 291 g/mol. The van der Waals surface area contributed by atoms with Crippen LogP contribution in [0.1, 0.15) is 39.0 Å². The fraction of sp³-hybridized carbons (Fsp3) is 0.923. The fourth-order valence-electron chi connectivity index (χ4n) is 1.23. The van der Waals surface area contributed by atoms with Crippen LogP contribution in [0, 0.1) is 0 Å². The number of rotatable bonds is 13. The Balaban J connectivity index is 3.89. The normalized spacial score (nSPS) is 10.9. The molecule has 19 heavy (non-hydrogen) atoms. The quantitative estimate of drug-likeness (QED) is 0.226. The maximum Gasteiger partial charge on any atom is 0.310 e. The highest BCUT2D eigenvalue weighted by Crippen LogP contribution is 2.06. The van der Waals surface area contributed by atoms with E-state index < -0.39 is 6.29 Å². The van der Waals surface area contributed by atoms with Gasteiger partial charge in [0, 0.05) is 11.8 Å². The molecule has 6 heteroatoms. The van der Waals surface area contributed by atoms with Crippen LogP contribution >= 0.6 is 23.2 Å². The number of hydrogen-bond acceptors (Lipinski definition) is 4. The molecule has 0 unspecified atom stereocenters. The van der Waals surface area contributed by atoms with E-state index in [1.807, 2.05) is 6.92 Å². The Hall–Kier alpha value is -0.0300. The lowest BCUT2D eigenvalue weighted by Gasteiger charge is -2.17. The molecule has 0 aromatic heterocycles. The highest BCUT2D eigenvalue weighted by atomic mass is 35.5. The van der Waals surface area contributed by atoms with Gasteiger partial charge in [-0.2, -0.15) is 0 Å². The van der Waals surface area contributed by atoms with Gasteiger partial charge in [0.05, 0.1) is 26.2 Å². The highest BCUT2D eigenvalue weighted by Gasteiger charge is 2.15. The van der Waals surface area contributed by atoms with Crippen molar-refractivity contribution >= 4 is 29.2 Å². The third kappa shape index (κ3) is 12.7. The van der Waals surface area contributed by atoms with Gasteiger partial charge in [0.15, 0.2) is 6.29 Å². The van der Waals surface area contributed by atoms with Gasteiger partial charge in [-0.05, 0) is 19.3 Å². The zero-order chi connectivity index (χ0) is 14.3. The zero-order valence-electron chi connectivity index (χ0n) is 11.5. The van der Waals surface area contributed by atoms with E-state index in [4.69, 9.17) is 37.4 Å². The third-order valence-corrected chi connectivity index (χ3v) is 2.79. The first kappa shape index (κ1) is 19.0. The smallest absolute Gasteiger partial charge is 0.310 e. The Morgan fingerprint density at radius 3 is 2.05 bits per heavy atom. The molecular formula is C13H24Cl2O4. The van der Waals surface area contributed by atoms with Crippen LogP contribution in [-0.2, 0) is 19.0 Å². The molecule has 114 valence electrons. The van der Waals surface area contributed by atoms with Gasteiger partial charge in [-0.25, -0.2) is 0 Å². The number of unbranched alkanes of at least 4 members (excludes halogenated alkanes) is 1. The maximum absolute atomic E-state index is 11.6. The summed E-state index contributed by atoms with van der Waals surface area (Å²) in [6.07, 6.45) is 2.85. The van der Waals surface area contributed by atoms with E-state index in [2.05, 4.69) is 0 Å². The van der Waals surface area contributed by atoms with E-state index in [1.54, 1.807) is 0 Å². The van der Waals surface area contributed by atoms with E-state index in [0.29, 0.717) is 31.6 Å². The van der Waals surface area contributed by atoms with Crippen LogP contribution in [0.15, 0.2) is 0 Å². The van der Waals surface area contributed by atoms with Gasteiger partial charge in [0.2, 0.25) is 0 Å². The van der Waals surface area contributed by atoms with Crippen molar-refractivity contribution in [2.24, 2.45) is 0 Å². The summed E-state index contributed by atoms with van der Waals surface area (Å²) in [5, 5.41) is 0. The molecule has 4 nitrogen and oxygen atoms in total. The summed E-state index contributed by atoms with van der Waals surface area (Å²) in [7, 11) is 0. The van der Waals surface area contributed by atoms with E-state index in [9.17, 15) is 4.79 Å². The summed E-state index contributed by atoms with van der Waals surface area (Å²) < 4.78 is 16.0. The van der Waals surface area contributed by atoms with Crippen LogP contribution in [-0.4, -0.2) is 43.8 Å². The van der Waals surface area contributed by atoms with Crippen molar-refractivity contribution in [1.29, 1.82) is 0 Å². The third-order valence-electron chi connectivity index (χ3n) is 2.26. The molecule has 0 amide bonds. The minimum Gasteiger partial charge on any atom is -0.466 e. The fourth-order valence-corrected chi connectivity index (χ4v) is 1.45. The van der Waals surface area contributed by atoms with E-state index >= 15 is 0 Å². The van der Waals surface area contributed by atoms with Gasteiger partial charge in [0.25, 0.3) is 0 Å². The molecule has 0 rings (SSSR count). The van der Waals surface area contributed by atoms with Crippen molar-refractivity contribution in [3.05, 3.63) is 0 Å². The number of carbonyl (C=O) groups excluding carboxylic acids is 1. The van der Waals surface area contributed by atoms with Gasteiger partial charge in [-0.3, -0.25) is 4.79 Å². The Bertz CT molecular complexity index is 205. The molecule has 0 saturated heterocycles. The summed E-state index contributed by atoms with van der Waals surface area (Å²) in [6, 6.07) is 0. The van der Waals surface area contributed by atoms with Crippen molar-refractivity contribution in [3.63, 3.8) is 0 Å². The topological polar surface area (TPSA) is 44.8 Å². The predicted molar refractivity (Wildman–Crippen MR) is 76.9 cm³/mol. The predicted octanol–water partition coefficient (Wildman–Crippen LogP) is 3.34.